The number of amides is 1. The number of hydrogen-bond acceptors (Lipinski definition) is 4. The third-order valence-electron chi connectivity index (χ3n) is 4.54. The quantitative estimate of drug-likeness (QED) is 0.867. The molecule has 0 bridgehead atoms. The van der Waals surface area contributed by atoms with Gasteiger partial charge in [0.25, 0.3) is 5.91 Å². The van der Waals surface area contributed by atoms with Crippen molar-refractivity contribution in [2.75, 3.05) is 17.3 Å². The van der Waals surface area contributed by atoms with Crippen molar-refractivity contribution >= 4 is 17.5 Å². The van der Waals surface area contributed by atoms with Crippen LogP contribution in [0.2, 0.25) is 0 Å². The summed E-state index contributed by atoms with van der Waals surface area (Å²) in [5.41, 5.74) is 1.34. The van der Waals surface area contributed by atoms with Gasteiger partial charge in [0.2, 0.25) is 5.95 Å². The molecule has 0 aliphatic heterocycles. The number of para-hydroxylation sites is 1. The van der Waals surface area contributed by atoms with Gasteiger partial charge in [0.05, 0.1) is 5.56 Å². The van der Waals surface area contributed by atoms with Crippen molar-refractivity contribution < 1.29 is 4.79 Å². The van der Waals surface area contributed by atoms with Gasteiger partial charge in [-0.1, -0.05) is 43.9 Å². The van der Waals surface area contributed by atoms with Crippen LogP contribution in [-0.2, 0) is 0 Å². The van der Waals surface area contributed by atoms with E-state index in [1.807, 2.05) is 30.3 Å². The minimum atomic E-state index is -0.109. The highest BCUT2D eigenvalue weighted by Crippen LogP contribution is 2.20. The van der Waals surface area contributed by atoms with E-state index in [4.69, 9.17) is 0 Å². The summed E-state index contributed by atoms with van der Waals surface area (Å²) in [5.74, 6) is 0.503. The Morgan fingerprint density at radius 2 is 1.67 bits per heavy atom. The van der Waals surface area contributed by atoms with E-state index in [0.29, 0.717) is 17.6 Å². The molecule has 1 N–H and O–H groups in total. The van der Waals surface area contributed by atoms with E-state index < -0.39 is 0 Å². The molecule has 24 heavy (non-hydrogen) atoms. The Bertz CT molecular complexity index is 649. The standard InChI is InChI=1S/C19H24N4O/c1-23(17-11-7-4-8-12-17)18(24)15-13-20-19(21-14-15)22-16-9-5-2-3-6-10-16/h4,7-8,11-14,16H,2-3,5-6,9-10H2,1H3,(H,20,21,22). The average molecular weight is 324 g/mol. The fourth-order valence-electron chi connectivity index (χ4n) is 3.08. The predicted octanol–water partition coefficient (Wildman–Crippen LogP) is 3.89. The van der Waals surface area contributed by atoms with Crippen LogP contribution in [0.1, 0.15) is 48.9 Å². The van der Waals surface area contributed by atoms with Gasteiger partial charge in [0, 0.05) is 31.2 Å². The number of benzene rings is 1. The molecule has 0 atom stereocenters. The Hall–Kier alpha value is -2.43. The summed E-state index contributed by atoms with van der Waals surface area (Å²) >= 11 is 0. The van der Waals surface area contributed by atoms with Crippen LogP contribution in [0.5, 0.6) is 0 Å². The fourth-order valence-corrected chi connectivity index (χ4v) is 3.08. The monoisotopic (exact) mass is 324 g/mol. The molecule has 2 aromatic rings. The van der Waals surface area contributed by atoms with Gasteiger partial charge in [-0.05, 0) is 25.0 Å². The van der Waals surface area contributed by atoms with Crippen LogP contribution in [0, 0.1) is 0 Å². The molecule has 0 radical (unpaired) electrons. The first-order valence-corrected chi connectivity index (χ1v) is 8.66. The van der Waals surface area contributed by atoms with Crippen molar-refractivity contribution in [3.8, 4) is 0 Å². The lowest BCUT2D eigenvalue weighted by molar-refractivity contribution is 0.0992. The molecule has 1 aliphatic rings. The smallest absolute Gasteiger partial charge is 0.261 e. The van der Waals surface area contributed by atoms with E-state index in [-0.39, 0.29) is 5.91 Å². The maximum absolute atomic E-state index is 12.5. The molecule has 1 saturated carbocycles. The van der Waals surface area contributed by atoms with Crippen LogP contribution >= 0.6 is 0 Å². The Kier molecular flexibility index (Phi) is 5.41. The van der Waals surface area contributed by atoms with Crippen LogP contribution in [-0.4, -0.2) is 29.0 Å². The third kappa shape index (κ3) is 4.10. The molecule has 1 fully saturated rings. The van der Waals surface area contributed by atoms with E-state index in [2.05, 4.69) is 15.3 Å². The number of carbonyl (C=O) groups is 1. The molecule has 1 aromatic heterocycles. The van der Waals surface area contributed by atoms with Gasteiger partial charge in [-0.2, -0.15) is 0 Å². The minimum Gasteiger partial charge on any atom is -0.351 e. The van der Waals surface area contributed by atoms with Gasteiger partial charge in [-0.3, -0.25) is 4.79 Å². The van der Waals surface area contributed by atoms with Crippen molar-refractivity contribution in [3.05, 3.63) is 48.3 Å². The van der Waals surface area contributed by atoms with Gasteiger partial charge in [0.1, 0.15) is 0 Å². The highest BCUT2D eigenvalue weighted by molar-refractivity contribution is 6.05. The second-order valence-electron chi connectivity index (χ2n) is 6.33. The van der Waals surface area contributed by atoms with Gasteiger partial charge in [-0.25, -0.2) is 9.97 Å². The molecule has 3 rings (SSSR count). The van der Waals surface area contributed by atoms with Gasteiger partial charge < -0.3 is 10.2 Å². The topological polar surface area (TPSA) is 58.1 Å². The Morgan fingerprint density at radius 1 is 1.04 bits per heavy atom. The van der Waals surface area contributed by atoms with Gasteiger partial charge in [-0.15, -0.1) is 0 Å². The molecule has 1 aliphatic carbocycles. The van der Waals surface area contributed by atoms with Crippen molar-refractivity contribution in [2.24, 2.45) is 0 Å². The molecule has 126 valence electrons. The average Bonchev–Trinajstić information content (AvgIpc) is 2.90. The lowest BCUT2D eigenvalue weighted by Crippen LogP contribution is -2.26. The summed E-state index contributed by atoms with van der Waals surface area (Å²) in [6, 6.07) is 10.0. The fraction of sp³-hybridized carbons (Fsp3) is 0.421. The summed E-state index contributed by atoms with van der Waals surface area (Å²) < 4.78 is 0. The lowest BCUT2D eigenvalue weighted by atomic mass is 10.1. The summed E-state index contributed by atoms with van der Waals surface area (Å²) in [5, 5.41) is 3.40. The van der Waals surface area contributed by atoms with Gasteiger partial charge in [0.15, 0.2) is 0 Å². The van der Waals surface area contributed by atoms with Crippen LogP contribution in [0.3, 0.4) is 0 Å². The van der Waals surface area contributed by atoms with E-state index in [9.17, 15) is 4.79 Å². The van der Waals surface area contributed by atoms with E-state index in [1.165, 1.54) is 38.5 Å². The zero-order valence-corrected chi connectivity index (χ0v) is 14.1. The summed E-state index contributed by atoms with van der Waals surface area (Å²) in [4.78, 5) is 22.8. The van der Waals surface area contributed by atoms with Crippen molar-refractivity contribution in [3.63, 3.8) is 0 Å². The summed E-state index contributed by atoms with van der Waals surface area (Å²) in [6.45, 7) is 0. The van der Waals surface area contributed by atoms with Crippen molar-refractivity contribution in [1.29, 1.82) is 0 Å². The molecule has 1 amide bonds. The van der Waals surface area contributed by atoms with Crippen LogP contribution in [0.15, 0.2) is 42.7 Å². The van der Waals surface area contributed by atoms with Crippen LogP contribution in [0.25, 0.3) is 0 Å². The Balaban J connectivity index is 1.64. The van der Waals surface area contributed by atoms with Gasteiger partial charge >= 0.3 is 0 Å². The number of carbonyl (C=O) groups excluding carboxylic acids is 1. The van der Waals surface area contributed by atoms with E-state index >= 15 is 0 Å². The molecular weight excluding hydrogens is 300 g/mol. The first-order chi connectivity index (χ1) is 11.7. The zero-order chi connectivity index (χ0) is 16.8. The molecule has 0 spiro atoms. The largest absolute Gasteiger partial charge is 0.351 e. The number of hydrogen-bond donors (Lipinski definition) is 1. The minimum absolute atomic E-state index is 0.109. The van der Waals surface area contributed by atoms with Crippen molar-refractivity contribution in [2.45, 2.75) is 44.6 Å². The number of nitrogens with zero attached hydrogens (tertiary/aromatic N) is 3. The SMILES string of the molecule is CN(C(=O)c1cnc(NC2CCCCCC2)nc1)c1ccccc1. The Morgan fingerprint density at radius 3 is 2.29 bits per heavy atom. The molecule has 0 saturated heterocycles. The zero-order valence-electron chi connectivity index (χ0n) is 14.1. The first-order valence-electron chi connectivity index (χ1n) is 8.66. The molecule has 1 aromatic carbocycles. The van der Waals surface area contributed by atoms with E-state index in [1.54, 1.807) is 24.3 Å². The summed E-state index contributed by atoms with van der Waals surface area (Å²) in [6.07, 6.45) is 10.7. The molecular formula is C19H24N4O. The van der Waals surface area contributed by atoms with Crippen LogP contribution < -0.4 is 10.2 Å². The second-order valence-corrected chi connectivity index (χ2v) is 6.33. The van der Waals surface area contributed by atoms with Crippen molar-refractivity contribution in [1.82, 2.24) is 9.97 Å². The predicted molar refractivity (Wildman–Crippen MR) is 96.3 cm³/mol. The maximum Gasteiger partial charge on any atom is 0.261 e. The first kappa shape index (κ1) is 16.4. The lowest BCUT2D eigenvalue weighted by Gasteiger charge is -2.18. The number of anilines is 2. The number of aromatic nitrogens is 2. The molecule has 1 heterocycles. The molecule has 0 unspecified atom stereocenters. The van der Waals surface area contributed by atoms with Crippen LogP contribution in [0.4, 0.5) is 11.6 Å². The van der Waals surface area contributed by atoms with E-state index in [0.717, 1.165) is 5.69 Å². The molecule has 5 nitrogen and oxygen atoms in total. The highest BCUT2D eigenvalue weighted by atomic mass is 16.2. The number of rotatable bonds is 4. The third-order valence-corrected chi connectivity index (χ3v) is 4.54. The summed E-state index contributed by atoms with van der Waals surface area (Å²) in [7, 11) is 1.76. The number of nitrogens with one attached hydrogen (secondary N) is 1. The maximum atomic E-state index is 12.5. The normalized spacial score (nSPS) is 15.5. The highest BCUT2D eigenvalue weighted by Gasteiger charge is 2.16. The molecule has 5 heteroatoms. The second kappa shape index (κ2) is 7.90. The Labute approximate surface area is 143 Å².